The molecular formula is C23H24N4O4S. The number of fused-ring (bicyclic) bond motifs is 1. The van der Waals surface area contributed by atoms with E-state index in [1.165, 1.54) is 11.8 Å². The average molecular weight is 453 g/mol. The largest absolute Gasteiger partial charge is 0.497 e. The molecule has 2 atom stereocenters. The third-order valence-electron chi connectivity index (χ3n) is 5.03. The van der Waals surface area contributed by atoms with Crippen LogP contribution in [0.5, 0.6) is 5.75 Å². The van der Waals surface area contributed by atoms with Crippen LogP contribution in [0, 0.1) is 0 Å². The summed E-state index contributed by atoms with van der Waals surface area (Å²) in [6, 6.07) is 14.6. The van der Waals surface area contributed by atoms with E-state index in [2.05, 4.69) is 10.2 Å². The number of thioether (sulfide) groups is 1. The Morgan fingerprint density at radius 2 is 1.81 bits per heavy atom. The molecule has 2 aromatic heterocycles. The van der Waals surface area contributed by atoms with Gasteiger partial charge in [-0.1, -0.05) is 23.9 Å². The molecule has 2 aromatic carbocycles. The topological polar surface area (TPSA) is 92.3 Å². The predicted octanol–water partition coefficient (Wildman–Crippen LogP) is 4.52. The van der Waals surface area contributed by atoms with Gasteiger partial charge in [0, 0.05) is 12.7 Å². The van der Waals surface area contributed by atoms with Gasteiger partial charge in [0.25, 0.3) is 5.56 Å². The van der Waals surface area contributed by atoms with E-state index in [9.17, 15) is 4.79 Å². The first-order valence-corrected chi connectivity index (χ1v) is 11.0. The zero-order chi connectivity index (χ0) is 22.7. The summed E-state index contributed by atoms with van der Waals surface area (Å²) in [5.41, 5.74) is 1.35. The number of rotatable bonds is 8. The van der Waals surface area contributed by atoms with Crippen LogP contribution in [0.15, 0.2) is 62.9 Å². The Morgan fingerprint density at radius 1 is 1.06 bits per heavy atom. The van der Waals surface area contributed by atoms with E-state index in [-0.39, 0.29) is 16.9 Å². The van der Waals surface area contributed by atoms with E-state index in [1.54, 1.807) is 24.9 Å². The molecule has 0 amide bonds. The van der Waals surface area contributed by atoms with Crippen LogP contribution in [0.3, 0.4) is 0 Å². The summed E-state index contributed by atoms with van der Waals surface area (Å²) in [7, 11) is 3.23. The van der Waals surface area contributed by atoms with E-state index in [0.717, 1.165) is 11.3 Å². The normalized spacial score (nSPS) is 13.2. The molecular weight excluding hydrogens is 428 g/mol. The molecule has 0 aliphatic rings. The molecule has 9 heteroatoms. The lowest BCUT2D eigenvalue weighted by atomic mass is 10.2. The van der Waals surface area contributed by atoms with E-state index in [0.29, 0.717) is 34.4 Å². The minimum absolute atomic E-state index is 0.0979. The maximum Gasteiger partial charge on any atom is 0.262 e. The molecule has 0 aliphatic carbocycles. The van der Waals surface area contributed by atoms with Crippen LogP contribution in [0.1, 0.15) is 31.0 Å². The van der Waals surface area contributed by atoms with Gasteiger partial charge < -0.3 is 13.9 Å². The van der Waals surface area contributed by atoms with Gasteiger partial charge in [0.15, 0.2) is 5.16 Å². The molecule has 4 aromatic rings. The molecule has 0 saturated heterocycles. The van der Waals surface area contributed by atoms with Crippen molar-refractivity contribution in [2.45, 2.75) is 30.3 Å². The second-order valence-corrected chi connectivity index (χ2v) is 8.63. The Labute approximate surface area is 189 Å². The molecule has 2 heterocycles. The highest BCUT2D eigenvalue weighted by Gasteiger charge is 2.22. The molecule has 32 heavy (non-hydrogen) atoms. The number of methoxy groups -OCH3 is 2. The number of nitrogens with zero attached hydrogens (tertiary/aromatic N) is 4. The van der Waals surface area contributed by atoms with Crippen LogP contribution in [-0.4, -0.2) is 40.6 Å². The van der Waals surface area contributed by atoms with Gasteiger partial charge in [0.2, 0.25) is 11.8 Å². The second-order valence-electron chi connectivity index (χ2n) is 7.33. The van der Waals surface area contributed by atoms with Crippen molar-refractivity contribution in [3.63, 3.8) is 0 Å². The summed E-state index contributed by atoms with van der Waals surface area (Å²) in [6.07, 6.45) is 0. The molecule has 0 saturated carbocycles. The molecule has 8 nitrogen and oxygen atoms in total. The Hall–Kier alpha value is -3.17. The van der Waals surface area contributed by atoms with Crippen molar-refractivity contribution in [3.8, 4) is 17.2 Å². The van der Waals surface area contributed by atoms with Crippen molar-refractivity contribution in [2.75, 3.05) is 20.8 Å². The van der Waals surface area contributed by atoms with Gasteiger partial charge in [0.1, 0.15) is 5.75 Å². The van der Waals surface area contributed by atoms with Crippen LogP contribution in [0.2, 0.25) is 0 Å². The smallest absolute Gasteiger partial charge is 0.262 e. The maximum atomic E-state index is 13.2. The Balaban J connectivity index is 1.66. The Bertz CT molecular complexity index is 1270. The van der Waals surface area contributed by atoms with Gasteiger partial charge in [-0.25, -0.2) is 4.98 Å². The van der Waals surface area contributed by atoms with Crippen molar-refractivity contribution >= 4 is 22.7 Å². The van der Waals surface area contributed by atoms with Crippen LogP contribution in [0.4, 0.5) is 0 Å². The highest BCUT2D eigenvalue weighted by Crippen LogP contribution is 2.35. The summed E-state index contributed by atoms with van der Waals surface area (Å²) in [4.78, 5) is 18.0. The van der Waals surface area contributed by atoms with E-state index >= 15 is 0 Å². The lowest BCUT2D eigenvalue weighted by Crippen LogP contribution is -2.28. The quantitative estimate of drug-likeness (QED) is 0.285. The van der Waals surface area contributed by atoms with Crippen LogP contribution < -0.4 is 10.3 Å². The van der Waals surface area contributed by atoms with E-state index in [1.807, 2.05) is 56.3 Å². The van der Waals surface area contributed by atoms with Gasteiger partial charge in [-0.3, -0.25) is 9.36 Å². The first-order valence-electron chi connectivity index (χ1n) is 10.2. The highest BCUT2D eigenvalue weighted by atomic mass is 32.2. The number of para-hydroxylation sites is 1. The molecule has 0 aliphatic heterocycles. The summed E-state index contributed by atoms with van der Waals surface area (Å²) < 4.78 is 18.1. The maximum absolute atomic E-state index is 13.2. The first-order chi connectivity index (χ1) is 15.5. The number of aromatic nitrogens is 4. The number of benzene rings is 2. The summed E-state index contributed by atoms with van der Waals surface area (Å²) in [5.74, 6) is 1.63. The molecule has 166 valence electrons. The second kappa shape index (κ2) is 9.54. The lowest BCUT2D eigenvalue weighted by molar-refractivity contribution is 0.156. The van der Waals surface area contributed by atoms with Gasteiger partial charge in [-0.15, -0.1) is 10.2 Å². The third kappa shape index (κ3) is 4.39. The summed E-state index contributed by atoms with van der Waals surface area (Å²) >= 11 is 1.40. The minimum Gasteiger partial charge on any atom is -0.497 e. The standard InChI is InChI=1S/C23H24N4O4S/c1-14(13-29-3)27-22(28)18-7-5-6-8-19(18)24-23(27)32-15(2)20-25-26-21(31-20)16-9-11-17(30-4)12-10-16/h5-12,14-15H,13H2,1-4H3/t14-,15-/m0/s1. The van der Waals surface area contributed by atoms with Crippen LogP contribution in [0.25, 0.3) is 22.4 Å². The molecule has 0 N–H and O–H groups in total. The summed E-state index contributed by atoms with van der Waals surface area (Å²) in [6.45, 7) is 4.28. The Kier molecular flexibility index (Phi) is 6.57. The minimum atomic E-state index is -0.219. The number of ether oxygens (including phenoxy) is 2. The molecule has 4 rings (SSSR count). The fraction of sp³-hybridized carbons (Fsp3) is 0.304. The molecule has 0 spiro atoms. The van der Waals surface area contributed by atoms with Crippen molar-refractivity contribution in [3.05, 3.63) is 64.8 Å². The fourth-order valence-corrected chi connectivity index (χ4v) is 4.41. The zero-order valence-corrected chi connectivity index (χ0v) is 19.1. The lowest BCUT2D eigenvalue weighted by Gasteiger charge is -2.19. The van der Waals surface area contributed by atoms with Crippen molar-refractivity contribution < 1.29 is 13.9 Å². The van der Waals surface area contributed by atoms with Crippen LogP contribution in [-0.2, 0) is 4.74 Å². The third-order valence-corrected chi connectivity index (χ3v) is 6.09. The number of hydrogen-bond acceptors (Lipinski definition) is 8. The van der Waals surface area contributed by atoms with Crippen molar-refractivity contribution in [1.29, 1.82) is 0 Å². The van der Waals surface area contributed by atoms with E-state index < -0.39 is 0 Å². The Morgan fingerprint density at radius 3 is 2.53 bits per heavy atom. The first kappa shape index (κ1) is 22.0. The van der Waals surface area contributed by atoms with E-state index in [4.69, 9.17) is 18.9 Å². The van der Waals surface area contributed by atoms with Crippen molar-refractivity contribution in [1.82, 2.24) is 19.7 Å². The molecule has 0 bridgehead atoms. The molecule has 0 unspecified atom stereocenters. The molecule has 0 radical (unpaired) electrons. The van der Waals surface area contributed by atoms with Gasteiger partial charge in [-0.2, -0.15) is 0 Å². The van der Waals surface area contributed by atoms with Gasteiger partial charge in [0.05, 0.1) is 35.9 Å². The predicted molar refractivity (Wildman–Crippen MR) is 123 cm³/mol. The van der Waals surface area contributed by atoms with Gasteiger partial charge in [-0.05, 0) is 50.2 Å². The monoisotopic (exact) mass is 452 g/mol. The zero-order valence-electron chi connectivity index (χ0n) is 18.3. The molecule has 0 fully saturated rings. The fourth-order valence-electron chi connectivity index (χ4n) is 3.37. The average Bonchev–Trinajstić information content (AvgIpc) is 3.30. The summed E-state index contributed by atoms with van der Waals surface area (Å²) in [5, 5.41) is 9.33. The highest BCUT2D eigenvalue weighted by molar-refractivity contribution is 7.99. The van der Waals surface area contributed by atoms with Crippen LogP contribution >= 0.6 is 11.8 Å². The van der Waals surface area contributed by atoms with Crippen molar-refractivity contribution in [2.24, 2.45) is 0 Å². The van der Waals surface area contributed by atoms with Gasteiger partial charge >= 0.3 is 0 Å². The SMILES string of the molecule is COC[C@H](C)n1c(S[C@@H](C)c2nnc(-c3ccc(OC)cc3)o2)nc2ccccc2c1=O. The number of hydrogen-bond donors (Lipinski definition) is 0.